The van der Waals surface area contributed by atoms with E-state index in [-0.39, 0.29) is 0 Å². The highest BCUT2D eigenvalue weighted by Gasteiger charge is 2.10. The van der Waals surface area contributed by atoms with Gasteiger partial charge in [-0.3, -0.25) is 0 Å². The van der Waals surface area contributed by atoms with Gasteiger partial charge in [0.15, 0.2) is 0 Å². The monoisotopic (exact) mass is 255 g/mol. The number of rotatable bonds is 4. The number of hydrogen-bond donors (Lipinski definition) is 2. The minimum absolute atomic E-state index is 0.616. The number of nitrogens with two attached hydrogens (primary N) is 1. The molecule has 0 saturated heterocycles. The molecule has 0 fully saturated rings. The standard InChI is InChI=1S/C14H17N5/c1-3-19-14(13(16)10(2)18-19)17-9-12-6-4-5-11(7-12)8-15/h4-7,17H,3,9,16H2,1-2H3. The summed E-state index contributed by atoms with van der Waals surface area (Å²) in [5.74, 6) is 0.836. The number of nitrogens with zero attached hydrogens (tertiary/aromatic N) is 3. The van der Waals surface area contributed by atoms with Crippen molar-refractivity contribution in [2.24, 2.45) is 0 Å². The maximum Gasteiger partial charge on any atom is 0.148 e. The van der Waals surface area contributed by atoms with Gasteiger partial charge in [-0.2, -0.15) is 10.4 Å². The molecule has 0 atom stereocenters. The second-order valence-corrected chi connectivity index (χ2v) is 4.33. The van der Waals surface area contributed by atoms with Crippen LogP contribution in [-0.2, 0) is 13.1 Å². The number of nitriles is 1. The lowest BCUT2D eigenvalue weighted by atomic mass is 10.1. The van der Waals surface area contributed by atoms with Gasteiger partial charge in [0, 0.05) is 13.1 Å². The summed E-state index contributed by atoms with van der Waals surface area (Å²) in [4.78, 5) is 0. The highest BCUT2D eigenvalue weighted by molar-refractivity contribution is 5.64. The van der Waals surface area contributed by atoms with E-state index in [0.717, 1.165) is 23.6 Å². The highest BCUT2D eigenvalue weighted by Crippen LogP contribution is 2.22. The Morgan fingerprint density at radius 3 is 2.95 bits per heavy atom. The Labute approximate surface area is 112 Å². The first-order valence-electron chi connectivity index (χ1n) is 6.21. The largest absolute Gasteiger partial charge is 0.394 e. The van der Waals surface area contributed by atoms with Gasteiger partial charge < -0.3 is 11.1 Å². The van der Waals surface area contributed by atoms with Crippen LogP contribution in [0.15, 0.2) is 24.3 Å². The van der Waals surface area contributed by atoms with Gasteiger partial charge in [0.1, 0.15) is 5.82 Å². The first-order valence-corrected chi connectivity index (χ1v) is 6.21. The molecule has 2 aromatic rings. The Balaban J connectivity index is 2.16. The van der Waals surface area contributed by atoms with E-state index in [1.807, 2.05) is 36.7 Å². The molecule has 5 nitrogen and oxygen atoms in total. The summed E-state index contributed by atoms with van der Waals surface area (Å²) in [6.45, 7) is 5.29. The number of nitrogen functional groups attached to an aromatic ring is 1. The maximum absolute atomic E-state index is 8.87. The minimum atomic E-state index is 0.616. The van der Waals surface area contributed by atoms with E-state index in [4.69, 9.17) is 11.0 Å². The van der Waals surface area contributed by atoms with Gasteiger partial charge >= 0.3 is 0 Å². The third-order valence-electron chi connectivity index (χ3n) is 2.99. The third-order valence-corrected chi connectivity index (χ3v) is 2.99. The molecule has 0 spiro atoms. The molecule has 98 valence electrons. The first-order chi connectivity index (χ1) is 9.15. The molecule has 0 aliphatic heterocycles. The molecule has 2 rings (SSSR count). The molecule has 0 radical (unpaired) electrons. The van der Waals surface area contributed by atoms with Crippen LogP contribution in [-0.4, -0.2) is 9.78 Å². The maximum atomic E-state index is 8.87. The van der Waals surface area contributed by atoms with Gasteiger partial charge in [-0.25, -0.2) is 4.68 Å². The summed E-state index contributed by atoms with van der Waals surface area (Å²) >= 11 is 0. The van der Waals surface area contributed by atoms with E-state index in [0.29, 0.717) is 17.8 Å². The van der Waals surface area contributed by atoms with Crippen LogP contribution in [0, 0.1) is 18.3 Å². The Kier molecular flexibility index (Phi) is 3.71. The van der Waals surface area contributed by atoms with E-state index in [9.17, 15) is 0 Å². The van der Waals surface area contributed by atoms with E-state index in [1.54, 1.807) is 6.07 Å². The number of aromatic nitrogens is 2. The average molecular weight is 255 g/mol. The van der Waals surface area contributed by atoms with Crippen molar-refractivity contribution in [2.45, 2.75) is 26.9 Å². The molecule has 0 bridgehead atoms. The predicted molar refractivity (Wildman–Crippen MR) is 75.5 cm³/mol. The van der Waals surface area contributed by atoms with Crippen LogP contribution in [0.4, 0.5) is 11.5 Å². The topological polar surface area (TPSA) is 79.7 Å². The zero-order valence-corrected chi connectivity index (χ0v) is 11.1. The van der Waals surface area contributed by atoms with Crippen LogP contribution < -0.4 is 11.1 Å². The van der Waals surface area contributed by atoms with Crippen molar-refractivity contribution in [3.63, 3.8) is 0 Å². The fourth-order valence-electron chi connectivity index (χ4n) is 1.95. The van der Waals surface area contributed by atoms with Gasteiger partial charge in [-0.1, -0.05) is 12.1 Å². The van der Waals surface area contributed by atoms with E-state index in [2.05, 4.69) is 16.5 Å². The summed E-state index contributed by atoms with van der Waals surface area (Å²) in [5, 5.41) is 16.5. The predicted octanol–water partition coefficient (Wildman–Crippen LogP) is 2.28. The number of anilines is 2. The zero-order chi connectivity index (χ0) is 13.8. The number of benzene rings is 1. The quantitative estimate of drug-likeness (QED) is 0.878. The highest BCUT2D eigenvalue weighted by atomic mass is 15.3. The van der Waals surface area contributed by atoms with Crippen LogP contribution in [0.3, 0.4) is 0 Å². The Morgan fingerprint density at radius 1 is 1.47 bits per heavy atom. The van der Waals surface area contributed by atoms with Crippen LogP contribution in [0.1, 0.15) is 23.7 Å². The lowest BCUT2D eigenvalue weighted by molar-refractivity contribution is 0.657. The third kappa shape index (κ3) is 2.68. The van der Waals surface area contributed by atoms with Crippen LogP contribution >= 0.6 is 0 Å². The van der Waals surface area contributed by atoms with E-state index < -0.39 is 0 Å². The fourth-order valence-corrected chi connectivity index (χ4v) is 1.95. The molecule has 1 aromatic carbocycles. The van der Waals surface area contributed by atoms with Crippen LogP contribution in [0.25, 0.3) is 0 Å². The van der Waals surface area contributed by atoms with Gasteiger partial charge in [0.05, 0.1) is 23.0 Å². The summed E-state index contributed by atoms with van der Waals surface area (Å²) in [6, 6.07) is 9.64. The zero-order valence-electron chi connectivity index (χ0n) is 11.1. The second kappa shape index (κ2) is 5.44. The molecule has 1 aromatic heterocycles. The number of aryl methyl sites for hydroxylation is 2. The van der Waals surface area contributed by atoms with Crippen molar-refractivity contribution >= 4 is 11.5 Å². The summed E-state index contributed by atoms with van der Waals surface area (Å²) in [5.41, 5.74) is 9.21. The van der Waals surface area contributed by atoms with Gasteiger partial charge in [0.25, 0.3) is 0 Å². The van der Waals surface area contributed by atoms with Crippen molar-refractivity contribution in [1.82, 2.24) is 9.78 Å². The molecule has 5 heteroatoms. The molecule has 0 saturated carbocycles. The fraction of sp³-hybridized carbons (Fsp3) is 0.286. The lowest BCUT2D eigenvalue weighted by Gasteiger charge is -2.09. The normalized spacial score (nSPS) is 10.2. The molecule has 1 heterocycles. The van der Waals surface area contributed by atoms with E-state index >= 15 is 0 Å². The second-order valence-electron chi connectivity index (χ2n) is 4.33. The molecule has 0 aliphatic rings. The lowest BCUT2D eigenvalue weighted by Crippen LogP contribution is -2.08. The molecule has 19 heavy (non-hydrogen) atoms. The number of nitrogens with one attached hydrogen (secondary N) is 1. The molecular weight excluding hydrogens is 238 g/mol. The first kappa shape index (κ1) is 13.0. The van der Waals surface area contributed by atoms with Gasteiger partial charge in [-0.15, -0.1) is 0 Å². The average Bonchev–Trinajstić information content (AvgIpc) is 2.72. The number of hydrogen-bond acceptors (Lipinski definition) is 4. The van der Waals surface area contributed by atoms with Crippen molar-refractivity contribution in [3.05, 3.63) is 41.1 Å². The van der Waals surface area contributed by atoms with E-state index in [1.165, 1.54) is 0 Å². The Morgan fingerprint density at radius 2 is 2.26 bits per heavy atom. The van der Waals surface area contributed by atoms with Crippen molar-refractivity contribution < 1.29 is 0 Å². The molecule has 0 unspecified atom stereocenters. The summed E-state index contributed by atoms with van der Waals surface area (Å²) in [7, 11) is 0. The summed E-state index contributed by atoms with van der Waals surface area (Å²) < 4.78 is 1.85. The SMILES string of the molecule is CCn1nc(C)c(N)c1NCc1cccc(C#N)c1. The van der Waals surface area contributed by atoms with Crippen molar-refractivity contribution in [3.8, 4) is 6.07 Å². The minimum Gasteiger partial charge on any atom is -0.394 e. The van der Waals surface area contributed by atoms with Gasteiger partial charge in [0.2, 0.25) is 0 Å². The summed E-state index contributed by atoms with van der Waals surface area (Å²) in [6.07, 6.45) is 0. The molecule has 0 amide bonds. The van der Waals surface area contributed by atoms with Crippen LogP contribution in [0.2, 0.25) is 0 Å². The van der Waals surface area contributed by atoms with Gasteiger partial charge in [-0.05, 0) is 31.5 Å². The van der Waals surface area contributed by atoms with Crippen molar-refractivity contribution in [1.29, 1.82) is 5.26 Å². The smallest absolute Gasteiger partial charge is 0.148 e. The Bertz CT molecular complexity index is 621. The van der Waals surface area contributed by atoms with Crippen molar-refractivity contribution in [2.75, 3.05) is 11.1 Å². The molecule has 3 N–H and O–H groups in total. The molecular formula is C14H17N5. The molecule has 0 aliphatic carbocycles. The van der Waals surface area contributed by atoms with Crippen LogP contribution in [0.5, 0.6) is 0 Å². The Hall–Kier alpha value is -2.48.